The summed E-state index contributed by atoms with van der Waals surface area (Å²) in [5, 5.41) is 15.4. The maximum atomic E-state index is 12.1. The van der Waals surface area contributed by atoms with Crippen molar-refractivity contribution in [3.8, 4) is 0 Å². The summed E-state index contributed by atoms with van der Waals surface area (Å²) in [4.78, 5) is 12.7. The molecule has 0 aliphatic carbocycles. The molecule has 1 N–H and O–H groups in total. The second-order valence-corrected chi connectivity index (χ2v) is 5.13. The second-order valence-electron chi connectivity index (χ2n) is 4.17. The van der Waals surface area contributed by atoms with Crippen LogP contribution in [0.5, 0.6) is 0 Å². The van der Waals surface area contributed by atoms with Crippen molar-refractivity contribution >= 4 is 27.3 Å². The average Bonchev–Trinajstić information content (AvgIpc) is 2.92. The molecule has 0 bridgehead atoms. The monoisotopic (exact) mass is 273 g/mol. The number of carbonyl (C=O) groups excluding carboxylic acids is 1. The quantitative estimate of drug-likeness (QED) is 0.775. The smallest absolute Gasteiger partial charge is 0.257 e. The first kappa shape index (κ1) is 11.8. The first-order valence-electron chi connectivity index (χ1n) is 5.70. The van der Waals surface area contributed by atoms with Gasteiger partial charge in [0, 0.05) is 5.56 Å². The van der Waals surface area contributed by atoms with Crippen LogP contribution in [0.1, 0.15) is 21.7 Å². The van der Waals surface area contributed by atoms with Crippen LogP contribution in [0, 0.1) is 13.8 Å². The molecule has 0 atom stereocenters. The van der Waals surface area contributed by atoms with Gasteiger partial charge in [0.1, 0.15) is 0 Å². The Balaban J connectivity index is 1.86. The average molecular weight is 273 g/mol. The van der Waals surface area contributed by atoms with Crippen LogP contribution in [0.15, 0.2) is 24.3 Å². The molecule has 0 saturated heterocycles. The molecule has 2 heterocycles. The molecule has 19 heavy (non-hydrogen) atoms. The van der Waals surface area contributed by atoms with Gasteiger partial charge in [-0.3, -0.25) is 10.1 Å². The molecule has 96 valence electrons. The standard InChI is InChI=1S/C12H11N5OS/c1-7-4-3-5-9(6-7)10(18)13-11-16-17-8(2)14-15-12(17)19-11/h3-6H,1-2H3,(H,13,16,18). The van der Waals surface area contributed by atoms with Crippen molar-refractivity contribution in [3.05, 3.63) is 41.2 Å². The van der Waals surface area contributed by atoms with Crippen LogP contribution < -0.4 is 5.32 Å². The van der Waals surface area contributed by atoms with Crippen molar-refractivity contribution in [1.29, 1.82) is 0 Å². The van der Waals surface area contributed by atoms with Crippen LogP contribution >= 0.6 is 11.3 Å². The van der Waals surface area contributed by atoms with E-state index in [-0.39, 0.29) is 5.91 Å². The summed E-state index contributed by atoms with van der Waals surface area (Å²) in [5.41, 5.74) is 1.66. The lowest BCUT2D eigenvalue weighted by Gasteiger charge is -2.01. The van der Waals surface area contributed by atoms with Crippen molar-refractivity contribution in [2.24, 2.45) is 0 Å². The number of hydrogen-bond donors (Lipinski definition) is 1. The van der Waals surface area contributed by atoms with Gasteiger partial charge in [-0.15, -0.1) is 15.3 Å². The summed E-state index contributed by atoms with van der Waals surface area (Å²) >= 11 is 1.29. The Morgan fingerprint density at radius 1 is 1.32 bits per heavy atom. The number of nitrogens with one attached hydrogen (secondary N) is 1. The normalized spacial score (nSPS) is 10.8. The Kier molecular flexibility index (Phi) is 2.75. The summed E-state index contributed by atoms with van der Waals surface area (Å²) in [5.74, 6) is 0.522. The molecule has 0 fully saturated rings. The SMILES string of the molecule is Cc1cccc(C(=O)Nc2nn3c(C)nnc3s2)c1. The zero-order chi connectivity index (χ0) is 13.4. The number of carbonyl (C=O) groups is 1. The summed E-state index contributed by atoms with van der Waals surface area (Å²) in [6.07, 6.45) is 0. The maximum absolute atomic E-state index is 12.1. The number of benzene rings is 1. The van der Waals surface area contributed by atoms with Gasteiger partial charge in [-0.05, 0) is 26.0 Å². The highest BCUT2D eigenvalue weighted by Crippen LogP contribution is 2.19. The first-order valence-corrected chi connectivity index (χ1v) is 6.52. The minimum atomic E-state index is -0.175. The molecule has 0 aliphatic rings. The van der Waals surface area contributed by atoms with Crippen molar-refractivity contribution in [2.45, 2.75) is 13.8 Å². The van der Waals surface area contributed by atoms with Gasteiger partial charge in [0.25, 0.3) is 5.91 Å². The van der Waals surface area contributed by atoms with E-state index in [1.807, 2.05) is 32.0 Å². The van der Waals surface area contributed by atoms with E-state index in [0.29, 0.717) is 21.5 Å². The Labute approximate surface area is 113 Å². The minimum Gasteiger partial charge on any atom is -0.296 e. The van der Waals surface area contributed by atoms with Crippen molar-refractivity contribution in [2.75, 3.05) is 5.32 Å². The number of amides is 1. The summed E-state index contributed by atoms with van der Waals surface area (Å²) in [6.45, 7) is 3.76. The van der Waals surface area contributed by atoms with Gasteiger partial charge in [0.15, 0.2) is 5.82 Å². The molecular formula is C12H11N5OS. The first-order chi connectivity index (χ1) is 9.13. The van der Waals surface area contributed by atoms with Crippen molar-refractivity contribution in [3.63, 3.8) is 0 Å². The van der Waals surface area contributed by atoms with Crippen LogP contribution in [-0.4, -0.2) is 25.7 Å². The molecular weight excluding hydrogens is 262 g/mol. The van der Waals surface area contributed by atoms with Gasteiger partial charge in [0.2, 0.25) is 10.1 Å². The zero-order valence-electron chi connectivity index (χ0n) is 10.4. The molecule has 0 aliphatic heterocycles. The lowest BCUT2D eigenvalue weighted by Crippen LogP contribution is -2.12. The predicted octanol–water partition coefficient (Wildman–Crippen LogP) is 2.05. The van der Waals surface area contributed by atoms with E-state index in [1.165, 1.54) is 11.3 Å². The highest BCUT2D eigenvalue weighted by Gasteiger charge is 2.12. The van der Waals surface area contributed by atoms with E-state index in [0.717, 1.165) is 5.56 Å². The molecule has 0 radical (unpaired) electrons. The third-order valence-electron chi connectivity index (χ3n) is 2.65. The summed E-state index contributed by atoms with van der Waals surface area (Å²) in [7, 11) is 0. The third-order valence-corrected chi connectivity index (χ3v) is 3.46. The molecule has 2 aromatic heterocycles. The molecule has 1 amide bonds. The minimum absolute atomic E-state index is 0.175. The molecule has 6 nitrogen and oxygen atoms in total. The number of anilines is 1. The van der Waals surface area contributed by atoms with E-state index >= 15 is 0 Å². The van der Waals surface area contributed by atoms with Gasteiger partial charge < -0.3 is 0 Å². The van der Waals surface area contributed by atoms with E-state index in [9.17, 15) is 4.79 Å². The molecule has 0 unspecified atom stereocenters. The number of aromatic nitrogens is 4. The number of aryl methyl sites for hydroxylation is 2. The third kappa shape index (κ3) is 2.19. The van der Waals surface area contributed by atoms with Gasteiger partial charge in [0.05, 0.1) is 0 Å². The Bertz CT molecular complexity index is 760. The van der Waals surface area contributed by atoms with Crippen LogP contribution in [0.3, 0.4) is 0 Å². The van der Waals surface area contributed by atoms with Gasteiger partial charge in [-0.1, -0.05) is 29.0 Å². The number of rotatable bonds is 2. The number of fused-ring (bicyclic) bond motifs is 1. The second kappa shape index (κ2) is 4.43. The maximum Gasteiger partial charge on any atom is 0.257 e. The Morgan fingerprint density at radius 3 is 2.89 bits per heavy atom. The van der Waals surface area contributed by atoms with Crippen molar-refractivity contribution < 1.29 is 4.79 Å². The summed E-state index contributed by atoms with van der Waals surface area (Å²) < 4.78 is 1.61. The van der Waals surface area contributed by atoms with E-state index in [1.54, 1.807) is 10.6 Å². The largest absolute Gasteiger partial charge is 0.296 e. The van der Waals surface area contributed by atoms with Gasteiger partial charge in [-0.2, -0.15) is 4.52 Å². The molecule has 0 spiro atoms. The van der Waals surface area contributed by atoms with E-state index in [4.69, 9.17) is 0 Å². The highest BCUT2D eigenvalue weighted by molar-refractivity contribution is 7.20. The zero-order valence-corrected chi connectivity index (χ0v) is 11.2. The van der Waals surface area contributed by atoms with Crippen LogP contribution in [0.2, 0.25) is 0 Å². The van der Waals surface area contributed by atoms with Crippen LogP contribution in [0.4, 0.5) is 5.13 Å². The lowest BCUT2D eigenvalue weighted by atomic mass is 10.1. The van der Waals surface area contributed by atoms with E-state index in [2.05, 4.69) is 20.6 Å². The Morgan fingerprint density at radius 2 is 2.16 bits per heavy atom. The fourth-order valence-corrected chi connectivity index (χ4v) is 2.50. The highest BCUT2D eigenvalue weighted by atomic mass is 32.1. The van der Waals surface area contributed by atoms with Gasteiger partial charge >= 0.3 is 0 Å². The molecule has 0 saturated carbocycles. The van der Waals surface area contributed by atoms with E-state index < -0.39 is 0 Å². The molecule has 3 aromatic rings. The molecule has 3 rings (SSSR count). The number of nitrogens with zero attached hydrogens (tertiary/aromatic N) is 4. The molecule has 1 aromatic carbocycles. The fourth-order valence-electron chi connectivity index (χ4n) is 1.72. The van der Waals surface area contributed by atoms with Crippen molar-refractivity contribution in [1.82, 2.24) is 19.8 Å². The lowest BCUT2D eigenvalue weighted by molar-refractivity contribution is 0.102. The van der Waals surface area contributed by atoms with Gasteiger partial charge in [-0.25, -0.2) is 0 Å². The Hall–Kier alpha value is -2.28. The van der Waals surface area contributed by atoms with Crippen LogP contribution in [0.25, 0.3) is 4.96 Å². The summed E-state index contributed by atoms with van der Waals surface area (Å²) in [6, 6.07) is 7.41. The predicted molar refractivity (Wildman–Crippen MR) is 72.5 cm³/mol. The number of hydrogen-bond acceptors (Lipinski definition) is 5. The van der Waals surface area contributed by atoms with Crippen LogP contribution in [-0.2, 0) is 0 Å². The topological polar surface area (TPSA) is 72.2 Å². The molecule has 7 heteroatoms. The fraction of sp³-hybridized carbons (Fsp3) is 0.167.